The van der Waals surface area contributed by atoms with Gasteiger partial charge in [-0.1, -0.05) is 50.6 Å². The Labute approximate surface area is 128 Å². The van der Waals surface area contributed by atoms with Crippen molar-refractivity contribution in [2.45, 2.75) is 52.0 Å². The number of amides is 1. The summed E-state index contributed by atoms with van der Waals surface area (Å²) in [4.78, 5) is 12.5. The highest BCUT2D eigenvalue weighted by Crippen LogP contribution is 2.35. The fourth-order valence-electron chi connectivity index (χ4n) is 3.32. The van der Waals surface area contributed by atoms with Crippen molar-refractivity contribution in [1.29, 1.82) is 0 Å². The maximum absolute atomic E-state index is 12.5. The average Bonchev–Trinajstić information content (AvgIpc) is 2.44. The van der Waals surface area contributed by atoms with Gasteiger partial charge in [0.1, 0.15) is 0 Å². The van der Waals surface area contributed by atoms with Crippen molar-refractivity contribution >= 4 is 5.91 Å². The Morgan fingerprint density at radius 2 is 2.10 bits per heavy atom. The first-order chi connectivity index (χ1) is 10.00. The Bertz CT molecular complexity index is 456. The van der Waals surface area contributed by atoms with Crippen LogP contribution >= 0.6 is 0 Å². The highest BCUT2D eigenvalue weighted by atomic mass is 16.1. The van der Waals surface area contributed by atoms with Crippen molar-refractivity contribution in [3.05, 3.63) is 35.9 Å². The van der Waals surface area contributed by atoms with Gasteiger partial charge in [0.05, 0.1) is 5.92 Å². The van der Waals surface area contributed by atoms with Crippen LogP contribution in [0.5, 0.6) is 0 Å². The van der Waals surface area contributed by atoms with Crippen LogP contribution in [0.4, 0.5) is 0 Å². The summed E-state index contributed by atoms with van der Waals surface area (Å²) >= 11 is 0. The van der Waals surface area contributed by atoms with Gasteiger partial charge in [-0.3, -0.25) is 4.79 Å². The fourth-order valence-corrected chi connectivity index (χ4v) is 3.32. The van der Waals surface area contributed by atoms with E-state index in [1.165, 1.54) is 18.4 Å². The number of rotatable bonds is 5. The first-order valence-corrected chi connectivity index (χ1v) is 8.04. The van der Waals surface area contributed by atoms with E-state index in [2.05, 4.69) is 31.3 Å². The minimum Gasteiger partial charge on any atom is -0.353 e. The van der Waals surface area contributed by atoms with Crippen LogP contribution < -0.4 is 11.1 Å². The minimum absolute atomic E-state index is 0.115. The van der Waals surface area contributed by atoms with Gasteiger partial charge in [-0.25, -0.2) is 0 Å². The normalized spacial score (nSPS) is 22.5. The van der Waals surface area contributed by atoms with E-state index >= 15 is 0 Å². The highest BCUT2D eigenvalue weighted by Gasteiger charge is 2.30. The third-order valence-corrected chi connectivity index (χ3v) is 4.53. The molecule has 0 saturated heterocycles. The summed E-state index contributed by atoms with van der Waals surface area (Å²) in [5.74, 6) is -0.0125. The average molecular weight is 288 g/mol. The van der Waals surface area contributed by atoms with Crippen molar-refractivity contribution in [3.8, 4) is 0 Å². The van der Waals surface area contributed by atoms with E-state index in [0.717, 1.165) is 19.3 Å². The number of benzene rings is 1. The second-order valence-electron chi connectivity index (χ2n) is 7.09. The Morgan fingerprint density at radius 1 is 1.38 bits per heavy atom. The summed E-state index contributed by atoms with van der Waals surface area (Å²) in [6, 6.07) is 10.4. The predicted octanol–water partition coefficient (Wildman–Crippen LogP) is 2.89. The first-order valence-electron chi connectivity index (χ1n) is 8.04. The van der Waals surface area contributed by atoms with Gasteiger partial charge in [0.15, 0.2) is 0 Å². The molecule has 3 nitrogen and oxygen atoms in total. The standard InChI is InChI=1S/C18H28N2O/c1-18(2)10-6-9-16(12-18)20-17(21)15(13-19)11-14-7-4-3-5-8-14/h3-5,7-8,15-16H,6,9-13,19H2,1-2H3,(H,20,21). The van der Waals surface area contributed by atoms with E-state index in [9.17, 15) is 4.79 Å². The van der Waals surface area contributed by atoms with Gasteiger partial charge in [-0.05, 0) is 36.7 Å². The SMILES string of the molecule is CC1(C)CCCC(NC(=O)C(CN)Cc2ccccc2)C1. The van der Waals surface area contributed by atoms with Crippen LogP contribution in [0.1, 0.15) is 45.1 Å². The first kappa shape index (κ1) is 16.0. The third-order valence-electron chi connectivity index (χ3n) is 4.53. The molecule has 3 N–H and O–H groups in total. The highest BCUT2D eigenvalue weighted by molar-refractivity contribution is 5.79. The Morgan fingerprint density at radius 3 is 2.71 bits per heavy atom. The zero-order chi connectivity index (χ0) is 15.3. The molecule has 1 amide bonds. The van der Waals surface area contributed by atoms with Gasteiger partial charge in [0.2, 0.25) is 5.91 Å². The lowest BCUT2D eigenvalue weighted by atomic mass is 9.75. The summed E-state index contributed by atoms with van der Waals surface area (Å²) in [7, 11) is 0. The van der Waals surface area contributed by atoms with Gasteiger partial charge in [0, 0.05) is 12.6 Å². The maximum atomic E-state index is 12.5. The van der Waals surface area contributed by atoms with Gasteiger partial charge in [-0.15, -0.1) is 0 Å². The lowest BCUT2D eigenvalue weighted by molar-refractivity contribution is -0.125. The molecule has 21 heavy (non-hydrogen) atoms. The van der Waals surface area contributed by atoms with E-state index in [1.54, 1.807) is 0 Å². The molecule has 0 bridgehead atoms. The number of carbonyl (C=O) groups excluding carboxylic acids is 1. The number of nitrogens with one attached hydrogen (secondary N) is 1. The van der Waals surface area contributed by atoms with Gasteiger partial charge in [0.25, 0.3) is 0 Å². The Hall–Kier alpha value is -1.35. The smallest absolute Gasteiger partial charge is 0.224 e. The molecule has 1 aromatic carbocycles. The van der Waals surface area contributed by atoms with Crippen molar-refractivity contribution < 1.29 is 4.79 Å². The lowest BCUT2D eigenvalue weighted by Crippen LogP contribution is -2.45. The number of nitrogens with two attached hydrogens (primary N) is 1. The molecule has 1 aliphatic carbocycles. The van der Waals surface area contributed by atoms with Crippen molar-refractivity contribution in [2.24, 2.45) is 17.1 Å². The Balaban J connectivity index is 1.91. The quantitative estimate of drug-likeness (QED) is 0.875. The number of hydrogen-bond donors (Lipinski definition) is 2. The van der Waals surface area contributed by atoms with Crippen LogP contribution in [0.25, 0.3) is 0 Å². The lowest BCUT2D eigenvalue weighted by Gasteiger charge is -2.36. The monoisotopic (exact) mass is 288 g/mol. The third kappa shape index (κ3) is 4.85. The largest absolute Gasteiger partial charge is 0.353 e. The van der Waals surface area contributed by atoms with Crippen LogP contribution in [0.15, 0.2) is 30.3 Å². The van der Waals surface area contributed by atoms with Crippen molar-refractivity contribution in [1.82, 2.24) is 5.32 Å². The van der Waals surface area contributed by atoms with Gasteiger partial charge >= 0.3 is 0 Å². The predicted molar refractivity (Wildman–Crippen MR) is 86.9 cm³/mol. The fraction of sp³-hybridized carbons (Fsp3) is 0.611. The molecule has 2 atom stereocenters. The molecule has 2 unspecified atom stereocenters. The van der Waals surface area contributed by atoms with Crippen molar-refractivity contribution in [2.75, 3.05) is 6.54 Å². The molecule has 1 aromatic rings. The topological polar surface area (TPSA) is 55.1 Å². The molecule has 2 rings (SSSR count). The molecule has 3 heteroatoms. The van der Waals surface area contributed by atoms with E-state index in [1.807, 2.05) is 18.2 Å². The van der Waals surface area contributed by atoms with Crippen LogP contribution in [0, 0.1) is 11.3 Å². The second-order valence-corrected chi connectivity index (χ2v) is 7.09. The maximum Gasteiger partial charge on any atom is 0.224 e. The molecular formula is C18H28N2O. The molecule has 1 saturated carbocycles. The Kier molecular flexibility index (Phi) is 5.40. The van der Waals surface area contributed by atoms with Gasteiger partial charge < -0.3 is 11.1 Å². The molecule has 1 fully saturated rings. The zero-order valence-corrected chi connectivity index (χ0v) is 13.3. The molecule has 0 radical (unpaired) electrons. The summed E-state index contributed by atoms with van der Waals surface area (Å²) < 4.78 is 0. The molecule has 116 valence electrons. The van der Waals surface area contributed by atoms with Crippen LogP contribution in [0.3, 0.4) is 0 Å². The second kappa shape index (κ2) is 7.08. The molecule has 0 aliphatic heterocycles. The molecule has 0 spiro atoms. The number of carbonyl (C=O) groups is 1. The van der Waals surface area contributed by atoms with E-state index in [4.69, 9.17) is 5.73 Å². The van der Waals surface area contributed by atoms with E-state index < -0.39 is 0 Å². The van der Waals surface area contributed by atoms with E-state index in [-0.39, 0.29) is 11.8 Å². The molecular weight excluding hydrogens is 260 g/mol. The number of hydrogen-bond acceptors (Lipinski definition) is 2. The zero-order valence-electron chi connectivity index (χ0n) is 13.3. The molecule has 1 aliphatic rings. The molecule has 0 heterocycles. The van der Waals surface area contributed by atoms with Gasteiger partial charge in [-0.2, -0.15) is 0 Å². The van der Waals surface area contributed by atoms with Crippen LogP contribution in [0.2, 0.25) is 0 Å². The summed E-state index contributed by atoms with van der Waals surface area (Å²) in [6.07, 6.45) is 5.34. The minimum atomic E-state index is -0.127. The van der Waals surface area contributed by atoms with Crippen LogP contribution in [-0.2, 0) is 11.2 Å². The molecule has 0 aromatic heterocycles. The van der Waals surface area contributed by atoms with Crippen molar-refractivity contribution in [3.63, 3.8) is 0 Å². The summed E-state index contributed by atoms with van der Waals surface area (Å²) in [6.45, 7) is 4.97. The van der Waals surface area contributed by atoms with Crippen LogP contribution in [-0.4, -0.2) is 18.5 Å². The summed E-state index contributed by atoms with van der Waals surface area (Å²) in [5, 5.41) is 3.23. The van der Waals surface area contributed by atoms with E-state index in [0.29, 0.717) is 18.0 Å². The summed E-state index contributed by atoms with van der Waals surface area (Å²) in [5.41, 5.74) is 7.33.